The molecule has 1 N–H and O–H groups in total. The van der Waals surface area contributed by atoms with Gasteiger partial charge in [0.1, 0.15) is 0 Å². The van der Waals surface area contributed by atoms with Crippen LogP contribution in [0.2, 0.25) is 0 Å². The lowest BCUT2D eigenvalue weighted by molar-refractivity contribution is 0.198. The van der Waals surface area contributed by atoms with E-state index in [2.05, 4.69) is 9.97 Å². The van der Waals surface area contributed by atoms with Crippen LogP contribution in [0.1, 0.15) is 6.42 Å². The van der Waals surface area contributed by atoms with E-state index >= 15 is 0 Å². The summed E-state index contributed by atoms with van der Waals surface area (Å²) in [6.07, 6.45) is 3.70. The van der Waals surface area contributed by atoms with Crippen LogP contribution in [0.25, 0.3) is 11.3 Å². The molecule has 0 unspecified atom stereocenters. The summed E-state index contributed by atoms with van der Waals surface area (Å²) < 4.78 is 1.52. The molecule has 0 radical (unpaired) electrons. The Morgan fingerprint density at radius 3 is 2.75 bits per heavy atom. The van der Waals surface area contributed by atoms with Crippen molar-refractivity contribution in [3.63, 3.8) is 0 Å². The smallest absolute Gasteiger partial charge is 0.255 e. The van der Waals surface area contributed by atoms with Crippen LogP contribution < -0.4 is 10.5 Å². The third kappa shape index (κ3) is 2.30. The first kappa shape index (κ1) is 12.8. The lowest BCUT2D eigenvalue weighted by Gasteiger charge is -2.20. The number of β-amino-alcohol motifs (C(OH)–C–C–N with tert-alkyl or cyclic N) is 1. The molecule has 0 aliphatic carbocycles. The first-order chi connectivity index (χ1) is 9.65. The fourth-order valence-electron chi connectivity index (χ4n) is 2.40. The van der Waals surface area contributed by atoms with Crippen LogP contribution >= 0.6 is 0 Å². The molecule has 0 aromatic carbocycles. The van der Waals surface area contributed by atoms with Crippen molar-refractivity contribution in [2.24, 2.45) is 7.05 Å². The minimum Gasteiger partial charge on any atom is -0.391 e. The van der Waals surface area contributed by atoms with E-state index < -0.39 is 0 Å². The van der Waals surface area contributed by atoms with E-state index in [9.17, 15) is 9.90 Å². The molecule has 1 atom stereocenters. The number of anilines is 1. The highest BCUT2D eigenvalue weighted by Crippen LogP contribution is 2.20. The third-order valence-electron chi connectivity index (χ3n) is 3.53. The molecule has 0 spiro atoms. The van der Waals surface area contributed by atoms with Gasteiger partial charge in [-0.1, -0.05) is 0 Å². The average Bonchev–Trinajstić information content (AvgIpc) is 2.89. The van der Waals surface area contributed by atoms with E-state index in [4.69, 9.17) is 0 Å². The lowest BCUT2D eigenvalue weighted by atomic mass is 10.2. The van der Waals surface area contributed by atoms with E-state index in [-0.39, 0.29) is 11.7 Å². The van der Waals surface area contributed by atoms with Crippen molar-refractivity contribution < 1.29 is 5.11 Å². The molecule has 1 saturated heterocycles. The second-order valence-corrected chi connectivity index (χ2v) is 4.96. The molecule has 0 amide bonds. The molecule has 104 valence electrons. The van der Waals surface area contributed by atoms with Gasteiger partial charge in [0.05, 0.1) is 11.8 Å². The monoisotopic (exact) mass is 272 g/mol. The van der Waals surface area contributed by atoms with E-state index in [0.29, 0.717) is 31.2 Å². The van der Waals surface area contributed by atoms with Crippen molar-refractivity contribution in [3.05, 3.63) is 40.9 Å². The number of rotatable bonds is 2. The Balaban J connectivity index is 2.06. The summed E-state index contributed by atoms with van der Waals surface area (Å²) in [5.41, 5.74) is 1.38. The highest BCUT2D eigenvalue weighted by Gasteiger charge is 2.23. The third-order valence-corrected chi connectivity index (χ3v) is 3.53. The van der Waals surface area contributed by atoms with Crippen molar-refractivity contribution in [1.82, 2.24) is 14.5 Å². The number of pyridine rings is 1. The molecule has 1 aliphatic heterocycles. The molecular weight excluding hydrogens is 256 g/mol. The van der Waals surface area contributed by atoms with Crippen LogP contribution in [0.4, 0.5) is 5.95 Å². The summed E-state index contributed by atoms with van der Waals surface area (Å²) in [5, 5.41) is 9.64. The van der Waals surface area contributed by atoms with Gasteiger partial charge in [-0.05, 0) is 18.6 Å². The first-order valence-corrected chi connectivity index (χ1v) is 6.56. The van der Waals surface area contributed by atoms with Gasteiger partial charge in [0.25, 0.3) is 5.56 Å². The number of hydrogen-bond acceptors (Lipinski definition) is 5. The van der Waals surface area contributed by atoms with Gasteiger partial charge in [-0.25, -0.2) is 4.98 Å². The zero-order valence-electron chi connectivity index (χ0n) is 11.2. The maximum absolute atomic E-state index is 12.1. The summed E-state index contributed by atoms with van der Waals surface area (Å²) in [6, 6.07) is 5.17. The Bertz CT molecular complexity index is 669. The zero-order valence-corrected chi connectivity index (χ0v) is 11.2. The number of hydrogen-bond donors (Lipinski definition) is 1. The Hall–Kier alpha value is -2.21. The van der Waals surface area contributed by atoms with Crippen LogP contribution in [0.15, 0.2) is 35.4 Å². The molecule has 3 rings (SSSR count). The average molecular weight is 272 g/mol. The molecular formula is C14H16N4O2. The standard InChI is InChI=1S/C14H16N4O2/c1-17-13(20)8-12(10-2-5-15-6-3-10)16-14(17)18-7-4-11(19)9-18/h2-3,5-6,8,11,19H,4,7,9H2,1H3/t11-/m0/s1. The molecule has 2 aromatic rings. The minimum absolute atomic E-state index is 0.108. The second-order valence-electron chi connectivity index (χ2n) is 4.96. The van der Waals surface area contributed by atoms with Crippen molar-refractivity contribution in [3.8, 4) is 11.3 Å². The Labute approximate surface area is 116 Å². The second kappa shape index (κ2) is 5.05. The van der Waals surface area contributed by atoms with Gasteiger partial charge < -0.3 is 10.0 Å². The summed E-state index contributed by atoms with van der Waals surface area (Å²) in [5.74, 6) is 0.598. The fourth-order valence-corrected chi connectivity index (χ4v) is 2.40. The number of aromatic nitrogens is 3. The maximum Gasteiger partial charge on any atom is 0.255 e. The molecule has 1 fully saturated rings. The zero-order chi connectivity index (χ0) is 14.1. The highest BCUT2D eigenvalue weighted by molar-refractivity contribution is 5.59. The van der Waals surface area contributed by atoms with Gasteiger partial charge in [0, 0.05) is 44.2 Å². The number of aliphatic hydroxyl groups excluding tert-OH is 1. The van der Waals surface area contributed by atoms with Crippen molar-refractivity contribution in [1.29, 1.82) is 0 Å². The van der Waals surface area contributed by atoms with Crippen LogP contribution in [-0.4, -0.2) is 38.8 Å². The van der Waals surface area contributed by atoms with Gasteiger partial charge in [-0.3, -0.25) is 14.3 Å². The van der Waals surface area contributed by atoms with Gasteiger partial charge in [-0.15, -0.1) is 0 Å². The van der Waals surface area contributed by atoms with E-state index in [1.807, 2.05) is 17.0 Å². The molecule has 2 aromatic heterocycles. The molecule has 3 heterocycles. The van der Waals surface area contributed by atoms with E-state index in [1.54, 1.807) is 19.4 Å². The summed E-state index contributed by atoms with van der Waals surface area (Å²) in [6.45, 7) is 1.22. The highest BCUT2D eigenvalue weighted by atomic mass is 16.3. The van der Waals surface area contributed by atoms with Crippen molar-refractivity contribution in [2.75, 3.05) is 18.0 Å². The van der Waals surface area contributed by atoms with Crippen molar-refractivity contribution in [2.45, 2.75) is 12.5 Å². The fraction of sp³-hybridized carbons (Fsp3) is 0.357. The minimum atomic E-state index is -0.350. The molecule has 6 nitrogen and oxygen atoms in total. The van der Waals surface area contributed by atoms with Gasteiger partial charge in [0.2, 0.25) is 5.95 Å². The van der Waals surface area contributed by atoms with Crippen LogP contribution in [0, 0.1) is 0 Å². The van der Waals surface area contributed by atoms with Crippen LogP contribution in [0.3, 0.4) is 0 Å². The summed E-state index contributed by atoms with van der Waals surface area (Å²) in [7, 11) is 1.70. The largest absolute Gasteiger partial charge is 0.391 e. The molecule has 1 aliphatic rings. The summed E-state index contributed by atoms with van der Waals surface area (Å²) in [4.78, 5) is 22.6. The van der Waals surface area contributed by atoms with E-state index in [1.165, 1.54) is 10.6 Å². The van der Waals surface area contributed by atoms with Crippen LogP contribution in [0.5, 0.6) is 0 Å². The number of aliphatic hydroxyl groups is 1. The lowest BCUT2D eigenvalue weighted by Crippen LogP contribution is -2.30. The molecule has 0 bridgehead atoms. The SMILES string of the molecule is Cn1c(N2CC[C@H](O)C2)nc(-c2ccncc2)cc1=O. The predicted molar refractivity (Wildman–Crippen MR) is 75.5 cm³/mol. The molecule has 6 heteroatoms. The van der Waals surface area contributed by atoms with Crippen LogP contribution in [-0.2, 0) is 7.05 Å². The number of nitrogens with zero attached hydrogens (tertiary/aromatic N) is 4. The van der Waals surface area contributed by atoms with E-state index in [0.717, 1.165) is 5.56 Å². The van der Waals surface area contributed by atoms with Crippen molar-refractivity contribution >= 4 is 5.95 Å². The molecule has 20 heavy (non-hydrogen) atoms. The predicted octanol–water partition coefficient (Wildman–Crippen LogP) is 0.413. The van der Waals surface area contributed by atoms with Gasteiger partial charge in [-0.2, -0.15) is 0 Å². The Morgan fingerprint density at radius 2 is 2.10 bits per heavy atom. The topological polar surface area (TPSA) is 71.2 Å². The Kier molecular flexibility index (Phi) is 3.23. The summed E-state index contributed by atoms with van der Waals surface area (Å²) >= 11 is 0. The quantitative estimate of drug-likeness (QED) is 0.857. The maximum atomic E-state index is 12.1. The van der Waals surface area contributed by atoms with Gasteiger partial charge >= 0.3 is 0 Å². The van der Waals surface area contributed by atoms with Gasteiger partial charge in [0.15, 0.2) is 0 Å². The normalized spacial score (nSPS) is 18.5. The Morgan fingerprint density at radius 1 is 1.35 bits per heavy atom. The first-order valence-electron chi connectivity index (χ1n) is 6.56. The molecule has 0 saturated carbocycles.